The Labute approximate surface area is 338 Å². The van der Waals surface area contributed by atoms with Crippen LogP contribution >= 0.6 is 46.4 Å². The molecule has 2 unspecified atom stereocenters. The molecule has 2 N–H and O–H groups in total. The molecule has 12 heteroatoms. The fourth-order valence-electron chi connectivity index (χ4n) is 7.46. The van der Waals surface area contributed by atoms with Gasteiger partial charge >= 0.3 is 0 Å². The Morgan fingerprint density at radius 1 is 0.630 bits per heavy atom. The van der Waals surface area contributed by atoms with Crippen LogP contribution in [0.2, 0.25) is 10.0 Å². The minimum absolute atomic E-state index is 0.0138. The Morgan fingerprint density at radius 3 is 1.74 bits per heavy atom. The second-order valence-electron chi connectivity index (χ2n) is 13.3. The van der Waals surface area contributed by atoms with Crippen LogP contribution in [0.15, 0.2) is 72.8 Å². The molecule has 0 spiro atoms. The average Bonchev–Trinajstić information content (AvgIpc) is 3.18. The minimum Gasteiger partial charge on any atom is -0.497 e. The van der Waals surface area contributed by atoms with Crippen LogP contribution in [0, 0.1) is 0 Å². The molecule has 286 valence electrons. The molecule has 0 saturated heterocycles. The third-order valence-corrected chi connectivity index (χ3v) is 11.1. The standard InChI is InChI=1S/C42H48Cl4N6O2/c1-5-51(21-17-43)20-16-37(50-42-32-12-8-28(46)24-39(32)49-36-14-10-30(54-4)26-34(36)42)40(52(6-2)22-18-44)15-19-47-41-31-11-7-27(45)23-38(31)48-35-13-9-29(53-3)25-33(35)41/h7-14,23-26,37,40H,5-6,15-22H2,1-4H3,(H,47,48)(H,49,50). The Bertz CT molecular complexity index is 2210. The van der Waals surface area contributed by atoms with E-state index < -0.39 is 0 Å². The highest BCUT2D eigenvalue weighted by Crippen LogP contribution is 2.37. The highest BCUT2D eigenvalue weighted by atomic mass is 35.5. The van der Waals surface area contributed by atoms with Crippen LogP contribution in [-0.2, 0) is 0 Å². The van der Waals surface area contributed by atoms with Crippen molar-refractivity contribution in [3.8, 4) is 11.5 Å². The van der Waals surface area contributed by atoms with Crippen LogP contribution in [0.3, 0.4) is 0 Å². The summed E-state index contributed by atoms with van der Waals surface area (Å²) in [5, 5.41) is 13.2. The van der Waals surface area contributed by atoms with E-state index >= 15 is 0 Å². The van der Waals surface area contributed by atoms with E-state index in [0.29, 0.717) is 28.4 Å². The molecule has 2 heterocycles. The van der Waals surface area contributed by atoms with E-state index in [4.69, 9.17) is 65.8 Å². The van der Waals surface area contributed by atoms with E-state index in [9.17, 15) is 0 Å². The molecule has 0 aliphatic heterocycles. The number of hydrogen-bond acceptors (Lipinski definition) is 8. The summed E-state index contributed by atoms with van der Waals surface area (Å²) in [5.74, 6) is 2.64. The molecule has 2 aromatic heterocycles. The number of ether oxygens (including phenoxy) is 2. The fraction of sp³-hybridized carbons (Fsp3) is 0.381. The van der Waals surface area contributed by atoms with Crippen molar-refractivity contribution in [1.29, 1.82) is 0 Å². The molecule has 0 amide bonds. The Kier molecular flexibility index (Phi) is 14.1. The SMILES string of the molecule is CCN(CCCl)CCC(Nc1c2ccc(Cl)cc2nc2ccc(OC)cc12)C(CCNc1c2ccc(Cl)cc2nc2ccc(OC)cc12)N(CC)CCCl. The van der Waals surface area contributed by atoms with Gasteiger partial charge in [0.15, 0.2) is 0 Å². The number of likely N-dealkylation sites (N-methyl/N-ethyl adjacent to an activating group) is 1. The third kappa shape index (κ3) is 9.13. The summed E-state index contributed by atoms with van der Waals surface area (Å²) in [6, 6.07) is 23.9. The second kappa shape index (κ2) is 18.9. The third-order valence-electron chi connectivity index (χ3n) is 10.3. The Morgan fingerprint density at radius 2 is 1.20 bits per heavy atom. The number of nitrogens with one attached hydrogen (secondary N) is 2. The lowest BCUT2D eigenvalue weighted by atomic mass is 9.96. The monoisotopic (exact) mass is 808 g/mol. The van der Waals surface area contributed by atoms with Gasteiger partial charge in [-0.2, -0.15) is 0 Å². The van der Waals surface area contributed by atoms with Gasteiger partial charge in [0.1, 0.15) is 11.5 Å². The van der Waals surface area contributed by atoms with Crippen LogP contribution in [0.4, 0.5) is 11.4 Å². The van der Waals surface area contributed by atoms with Crippen molar-refractivity contribution >= 4 is 101 Å². The molecular formula is C42H48Cl4N6O2. The van der Waals surface area contributed by atoms with Crippen LogP contribution in [0.5, 0.6) is 11.5 Å². The normalized spacial score (nSPS) is 13.0. The molecule has 0 bridgehead atoms. The first-order valence-corrected chi connectivity index (χ1v) is 20.4. The summed E-state index contributed by atoms with van der Waals surface area (Å²) < 4.78 is 11.3. The fourth-order valence-corrected chi connectivity index (χ4v) is 8.25. The first kappa shape index (κ1) is 40.2. The lowest BCUT2D eigenvalue weighted by Gasteiger charge is -2.39. The zero-order chi connectivity index (χ0) is 38.2. The quantitative estimate of drug-likeness (QED) is 0.0619. The second-order valence-corrected chi connectivity index (χ2v) is 15.0. The molecule has 54 heavy (non-hydrogen) atoms. The molecule has 6 aromatic rings. The molecule has 0 aliphatic carbocycles. The number of alkyl halides is 2. The molecule has 4 aromatic carbocycles. The number of benzene rings is 4. The predicted octanol–water partition coefficient (Wildman–Crippen LogP) is 10.6. The number of fused-ring (bicyclic) bond motifs is 4. The lowest BCUT2D eigenvalue weighted by molar-refractivity contribution is 0.175. The molecule has 2 atom stereocenters. The zero-order valence-corrected chi connectivity index (χ0v) is 34.3. The van der Waals surface area contributed by atoms with E-state index in [-0.39, 0.29) is 12.1 Å². The van der Waals surface area contributed by atoms with Crippen LogP contribution in [0.25, 0.3) is 43.6 Å². The number of hydrogen-bond donors (Lipinski definition) is 2. The first-order chi connectivity index (χ1) is 26.3. The van der Waals surface area contributed by atoms with Gasteiger partial charge in [0.05, 0.1) is 47.7 Å². The van der Waals surface area contributed by atoms with E-state index in [1.54, 1.807) is 14.2 Å². The van der Waals surface area contributed by atoms with E-state index in [1.165, 1.54) is 0 Å². The molecule has 8 nitrogen and oxygen atoms in total. The van der Waals surface area contributed by atoms with Crippen molar-refractivity contribution in [1.82, 2.24) is 19.8 Å². The Balaban J connectivity index is 1.43. The highest BCUT2D eigenvalue weighted by Gasteiger charge is 2.29. The summed E-state index contributed by atoms with van der Waals surface area (Å²) in [4.78, 5) is 14.9. The maximum atomic E-state index is 6.52. The summed E-state index contributed by atoms with van der Waals surface area (Å²) in [6.45, 7) is 9.29. The highest BCUT2D eigenvalue weighted by molar-refractivity contribution is 6.32. The van der Waals surface area contributed by atoms with Crippen molar-refractivity contribution in [2.75, 3.05) is 75.9 Å². The number of halogens is 4. The van der Waals surface area contributed by atoms with Crippen molar-refractivity contribution in [2.45, 2.75) is 38.8 Å². The van der Waals surface area contributed by atoms with Gasteiger partial charge in [-0.05, 0) is 98.7 Å². The van der Waals surface area contributed by atoms with Gasteiger partial charge in [-0.1, -0.05) is 37.0 Å². The summed E-state index contributed by atoms with van der Waals surface area (Å²) in [7, 11) is 3.37. The van der Waals surface area contributed by atoms with E-state index in [1.807, 2.05) is 60.7 Å². The average molecular weight is 811 g/mol. The van der Waals surface area contributed by atoms with Gasteiger partial charge in [0, 0.05) is 81.6 Å². The number of nitrogens with zero attached hydrogens (tertiary/aromatic N) is 4. The van der Waals surface area contributed by atoms with Gasteiger partial charge in [-0.15, -0.1) is 23.2 Å². The lowest BCUT2D eigenvalue weighted by Crippen LogP contribution is -2.50. The topological polar surface area (TPSA) is 74.8 Å². The maximum absolute atomic E-state index is 6.52. The maximum Gasteiger partial charge on any atom is 0.119 e. The zero-order valence-electron chi connectivity index (χ0n) is 31.3. The van der Waals surface area contributed by atoms with Crippen molar-refractivity contribution < 1.29 is 9.47 Å². The summed E-state index contributed by atoms with van der Waals surface area (Å²) >= 11 is 25.7. The predicted molar refractivity (Wildman–Crippen MR) is 231 cm³/mol. The van der Waals surface area contributed by atoms with Gasteiger partial charge in [0.25, 0.3) is 0 Å². The van der Waals surface area contributed by atoms with E-state index in [0.717, 1.165) is 112 Å². The van der Waals surface area contributed by atoms with Crippen LogP contribution in [0.1, 0.15) is 26.7 Å². The Hall–Kier alpha value is -3.50. The van der Waals surface area contributed by atoms with Crippen molar-refractivity contribution in [3.05, 3.63) is 82.8 Å². The van der Waals surface area contributed by atoms with Gasteiger partial charge in [-0.3, -0.25) is 4.90 Å². The van der Waals surface area contributed by atoms with Gasteiger partial charge in [0.2, 0.25) is 0 Å². The number of aromatic nitrogens is 2. The number of methoxy groups -OCH3 is 2. The van der Waals surface area contributed by atoms with Crippen molar-refractivity contribution in [2.24, 2.45) is 0 Å². The van der Waals surface area contributed by atoms with Crippen LogP contribution in [-0.4, -0.2) is 97.1 Å². The molecule has 0 saturated carbocycles. The molecule has 0 radical (unpaired) electrons. The van der Waals surface area contributed by atoms with E-state index in [2.05, 4.69) is 46.4 Å². The smallest absolute Gasteiger partial charge is 0.119 e. The summed E-state index contributed by atoms with van der Waals surface area (Å²) in [6.07, 6.45) is 1.69. The minimum atomic E-state index is 0.0138. The van der Waals surface area contributed by atoms with Crippen LogP contribution < -0.4 is 20.1 Å². The number of rotatable bonds is 19. The number of anilines is 2. The molecular weight excluding hydrogens is 762 g/mol. The van der Waals surface area contributed by atoms with Crippen molar-refractivity contribution in [3.63, 3.8) is 0 Å². The largest absolute Gasteiger partial charge is 0.497 e. The first-order valence-electron chi connectivity index (χ1n) is 18.5. The van der Waals surface area contributed by atoms with Gasteiger partial charge in [-0.25, -0.2) is 9.97 Å². The summed E-state index contributed by atoms with van der Waals surface area (Å²) in [5.41, 5.74) is 5.41. The van der Waals surface area contributed by atoms with Gasteiger partial charge < -0.3 is 25.0 Å². The molecule has 0 aliphatic rings. The molecule has 0 fully saturated rings. The molecule has 6 rings (SSSR count). The number of pyridine rings is 2.